The number of alkyl carbamates (subject to hydrolysis) is 1. The summed E-state index contributed by atoms with van der Waals surface area (Å²) in [5, 5.41) is 6.30. The van der Waals surface area contributed by atoms with Crippen molar-refractivity contribution in [3.8, 4) is 0 Å². The summed E-state index contributed by atoms with van der Waals surface area (Å²) in [6.07, 6.45) is 1.18. The highest BCUT2D eigenvalue weighted by atomic mass is 16.7. The Morgan fingerprint density at radius 2 is 1.70 bits per heavy atom. The standard InChI is InChI=1S/C14H28N2O4/c1-9(12(18-5)19-6)15-10-7-11(8-10)16-13(17)20-14(2,3)4/h9-12,15H,7-8H2,1-6H3,(H,16,17). The minimum atomic E-state index is -0.454. The third-order valence-corrected chi connectivity index (χ3v) is 3.23. The predicted octanol–water partition coefficient (Wildman–Crippen LogP) is 1.64. The lowest BCUT2D eigenvalue weighted by Gasteiger charge is -2.39. The normalized spacial score (nSPS) is 24.1. The summed E-state index contributed by atoms with van der Waals surface area (Å²) >= 11 is 0. The molecule has 2 N–H and O–H groups in total. The number of nitrogens with one attached hydrogen (secondary N) is 2. The van der Waals surface area contributed by atoms with E-state index in [4.69, 9.17) is 14.2 Å². The van der Waals surface area contributed by atoms with Gasteiger partial charge in [-0.15, -0.1) is 0 Å². The van der Waals surface area contributed by atoms with E-state index in [9.17, 15) is 4.79 Å². The summed E-state index contributed by atoms with van der Waals surface area (Å²) in [7, 11) is 3.25. The van der Waals surface area contributed by atoms with Crippen LogP contribution in [0.4, 0.5) is 4.79 Å². The first-order chi connectivity index (χ1) is 9.25. The molecule has 0 aromatic heterocycles. The SMILES string of the molecule is COC(OC)C(C)NC1CC(NC(=O)OC(C)(C)C)C1. The van der Waals surface area contributed by atoms with Gasteiger partial charge in [0, 0.05) is 26.3 Å². The van der Waals surface area contributed by atoms with E-state index >= 15 is 0 Å². The van der Waals surface area contributed by atoms with E-state index < -0.39 is 5.60 Å². The molecule has 1 aliphatic rings. The summed E-state index contributed by atoms with van der Waals surface area (Å²) in [4.78, 5) is 11.6. The van der Waals surface area contributed by atoms with Crippen molar-refractivity contribution in [1.29, 1.82) is 0 Å². The summed E-state index contributed by atoms with van der Waals surface area (Å²) in [6, 6.07) is 0.660. The number of hydrogen-bond acceptors (Lipinski definition) is 5. The van der Waals surface area contributed by atoms with Gasteiger partial charge in [0.1, 0.15) is 5.60 Å². The molecule has 0 radical (unpaired) electrons. The maximum absolute atomic E-state index is 11.6. The number of methoxy groups -OCH3 is 2. The average molecular weight is 288 g/mol. The predicted molar refractivity (Wildman–Crippen MR) is 76.6 cm³/mol. The van der Waals surface area contributed by atoms with Gasteiger partial charge in [0.25, 0.3) is 0 Å². The average Bonchev–Trinajstić information content (AvgIpc) is 2.25. The molecule has 1 saturated carbocycles. The van der Waals surface area contributed by atoms with Crippen molar-refractivity contribution in [2.24, 2.45) is 0 Å². The van der Waals surface area contributed by atoms with Crippen LogP contribution in [0.15, 0.2) is 0 Å². The highest BCUT2D eigenvalue weighted by Gasteiger charge is 2.33. The highest BCUT2D eigenvalue weighted by molar-refractivity contribution is 5.68. The Hall–Kier alpha value is -0.850. The van der Waals surface area contributed by atoms with Crippen molar-refractivity contribution in [3.05, 3.63) is 0 Å². The van der Waals surface area contributed by atoms with Crippen molar-refractivity contribution in [2.75, 3.05) is 14.2 Å². The summed E-state index contributed by atoms with van der Waals surface area (Å²) in [5.41, 5.74) is -0.454. The fourth-order valence-electron chi connectivity index (χ4n) is 2.30. The number of hydrogen-bond donors (Lipinski definition) is 2. The van der Waals surface area contributed by atoms with Crippen LogP contribution in [0.2, 0.25) is 0 Å². The van der Waals surface area contributed by atoms with Crippen LogP contribution >= 0.6 is 0 Å². The summed E-state index contributed by atoms with van der Waals surface area (Å²) in [6.45, 7) is 7.59. The van der Waals surface area contributed by atoms with Crippen molar-refractivity contribution in [3.63, 3.8) is 0 Å². The largest absolute Gasteiger partial charge is 0.444 e. The van der Waals surface area contributed by atoms with Crippen molar-refractivity contribution in [2.45, 2.75) is 70.6 Å². The molecule has 6 nitrogen and oxygen atoms in total. The topological polar surface area (TPSA) is 68.8 Å². The monoisotopic (exact) mass is 288 g/mol. The molecule has 1 rings (SSSR count). The molecular formula is C14H28N2O4. The molecule has 1 aliphatic carbocycles. The van der Waals surface area contributed by atoms with Gasteiger partial charge in [0.15, 0.2) is 6.29 Å². The first kappa shape index (κ1) is 17.2. The van der Waals surface area contributed by atoms with Gasteiger partial charge in [-0.1, -0.05) is 0 Å². The third kappa shape index (κ3) is 5.64. The minimum absolute atomic E-state index is 0.109. The Labute approximate surface area is 121 Å². The van der Waals surface area contributed by atoms with Crippen LogP contribution in [0.3, 0.4) is 0 Å². The molecule has 1 amide bonds. The van der Waals surface area contributed by atoms with Crippen molar-refractivity contribution >= 4 is 6.09 Å². The number of amides is 1. The van der Waals surface area contributed by atoms with Gasteiger partial charge in [0.2, 0.25) is 0 Å². The molecule has 1 fully saturated rings. The maximum Gasteiger partial charge on any atom is 0.407 e. The van der Waals surface area contributed by atoms with Gasteiger partial charge in [-0.3, -0.25) is 0 Å². The van der Waals surface area contributed by atoms with Crippen LogP contribution in [0.1, 0.15) is 40.5 Å². The Bertz CT molecular complexity index is 307. The first-order valence-corrected chi connectivity index (χ1v) is 7.06. The van der Waals surface area contributed by atoms with Crippen LogP contribution in [0, 0.1) is 0 Å². The van der Waals surface area contributed by atoms with E-state index in [0.29, 0.717) is 6.04 Å². The van der Waals surface area contributed by atoms with E-state index in [-0.39, 0.29) is 24.5 Å². The second-order valence-electron chi connectivity index (χ2n) is 6.31. The highest BCUT2D eigenvalue weighted by Crippen LogP contribution is 2.21. The van der Waals surface area contributed by atoms with Gasteiger partial charge in [-0.05, 0) is 40.5 Å². The lowest BCUT2D eigenvalue weighted by Crippen LogP contribution is -2.56. The summed E-state index contributed by atoms with van der Waals surface area (Å²) < 4.78 is 15.6. The number of rotatable bonds is 6. The smallest absolute Gasteiger partial charge is 0.407 e. The van der Waals surface area contributed by atoms with Gasteiger partial charge >= 0.3 is 6.09 Å². The van der Waals surface area contributed by atoms with Crippen molar-refractivity contribution in [1.82, 2.24) is 10.6 Å². The van der Waals surface area contributed by atoms with E-state index in [0.717, 1.165) is 12.8 Å². The van der Waals surface area contributed by atoms with E-state index in [1.165, 1.54) is 0 Å². The maximum atomic E-state index is 11.6. The van der Waals surface area contributed by atoms with E-state index in [2.05, 4.69) is 10.6 Å². The molecule has 0 bridgehead atoms. The Morgan fingerprint density at radius 1 is 1.15 bits per heavy atom. The minimum Gasteiger partial charge on any atom is -0.444 e. The third-order valence-electron chi connectivity index (χ3n) is 3.23. The summed E-state index contributed by atoms with van der Waals surface area (Å²) in [5.74, 6) is 0. The molecule has 0 aromatic carbocycles. The second-order valence-corrected chi connectivity index (χ2v) is 6.31. The zero-order chi connectivity index (χ0) is 15.3. The van der Waals surface area contributed by atoms with E-state index in [1.807, 2.05) is 27.7 Å². The van der Waals surface area contributed by atoms with E-state index in [1.54, 1.807) is 14.2 Å². The molecule has 20 heavy (non-hydrogen) atoms. The molecule has 0 aromatic rings. The Morgan fingerprint density at radius 3 is 2.15 bits per heavy atom. The van der Waals surface area contributed by atoms with Crippen LogP contribution in [0.25, 0.3) is 0 Å². The fraction of sp³-hybridized carbons (Fsp3) is 0.929. The van der Waals surface area contributed by atoms with Gasteiger partial charge in [-0.2, -0.15) is 0 Å². The molecule has 0 spiro atoms. The first-order valence-electron chi connectivity index (χ1n) is 7.06. The Kier molecular flexibility index (Phi) is 6.23. The van der Waals surface area contributed by atoms with Crippen LogP contribution in [0.5, 0.6) is 0 Å². The molecule has 0 heterocycles. The quantitative estimate of drug-likeness (QED) is 0.727. The molecule has 0 aliphatic heterocycles. The zero-order valence-corrected chi connectivity index (χ0v) is 13.4. The zero-order valence-electron chi connectivity index (χ0n) is 13.4. The van der Waals surface area contributed by atoms with Crippen LogP contribution in [-0.4, -0.2) is 50.3 Å². The lowest BCUT2D eigenvalue weighted by molar-refractivity contribution is -0.122. The van der Waals surface area contributed by atoms with Gasteiger partial charge < -0.3 is 24.8 Å². The molecular weight excluding hydrogens is 260 g/mol. The lowest BCUT2D eigenvalue weighted by atomic mass is 9.86. The molecule has 1 unspecified atom stereocenters. The van der Waals surface area contributed by atoms with Crippen LogP contribution < -0.4 is 10.6 Å². The van der Waals surface area contributed by atoms with Gasteiger partial charge in [0.05, 0.1) is 6.04 Å². The van der Waals surface area contributed by atoms with Crippen molar-refractivity contribution < 1.29 is 19.0 Å². The van der Waals surface area contributed by atoms with Crippen LogP contribution in [-0.2, 0) is 14.2 Å². The fourth-order valence-corrected chi connectivity index (χ4v) is 2.30. The number of ether oxygens (including phenoxy) is 3. The number of carbonyl (C=O) groups is 1. The number of carbonyl (C=O) groups excluding carboxylic acids is 1. The molecule has 1 atom stereocenters. The molecule has 118 valence electrons. The van der Waals surface area contributed by atoms with Gasteiger partial charge in [-0.25, -0.2) is 4.79 Å². The second kappa shape index (κ2) is 7.24. The Balaban J connectivity index is 2.21. The molecule has 6 heteroatoms. The molecule has 0 saturated heterocycles.